The Morgan fingerprint density at radius 1 is 1.24 bits per heavy atom. The summed E-state index contributed by atoms with van der Waals surface area (Å²) in [5, 5.41) is 17.6. The minimum Gasteiger partial charge on any atom is -0.492 e. The molecule has 3 rings (SSSR count). The van der Waals surface area contributed by atoms with Crippen molar-refractivity contribution < 1.29 is 14.3 Å². The monoisotopic (exact) mass is 478 g/mol. The maximum Gasteiger partial charge on any atom is 0.261 e. The number of aromatic nitrogens is 2. The number of carbonyl (C=O) groups is 1. The summed E-state index contributed by atoms with van der Waals surface area (Å²) in [5.74, 6) is 0.151. The van der Waals surface area contributed by atoms with Crippen LogP contribution in [0, 0.1) is 11.3 Å². The van der Waals surface area contributed by atoms with Gasteiger partial charge in [-0.2, -0.15) is 10.4 Å². The van der Waals surface area contributed by atoms with Crippen molar-refractivity contribution in [2.75, 3.05) is 26.9 Å². The van der Waals surface area contributed by atoms with Crippen molar-refractivity contribution in [3.8, 4) is 28.8 Å². The Hall–Kier alpha value is -3.60. The number of nitriles is 1. The van der Waals surface area contributed by atoms with Crippen LogP contribution in [0.1, 0.15) is 25.3 Å². The molecule has 0 aliphatic heterocycles. The van der Waals surface area contributed by atoms with Gasteiger partial charge in [-0.1, -0.05) is 36.7 Å². The molecule has 2 aromatic carbocycles. The van der Waals surface area contributed by atoms with Crippen LogP contribution in [0.4, 0.5) is 0 Å². The molecule has 0 saturated carbocycles. The second kappa shape index (κ2) is 12.6. The Morgan fingerprint density at radius 3 is 2.71 bits per heavy atom. The molecule has 0 atom stereocenters. The summed E-state index contributed by atoms with van der Waals surface area (Å²) in [6, 6.07) is 17.0. The number of methoxy groups -OCH3 is 1. The van der Waals surface area contributed by atoms with Gasteiger partial charge in [0.25, 0.3) is 5.91 Å². The van der Waals surface area contributed by atoms with Gasteiger partial charge in [-0.25, -0.2) is 4.68 Å². The third-order valence-corrected chi connectivity index (χ3v) is 5.20. The Balaban J connectivity index is 2.00. The summed E-state index contributed by atoms with van der Waals surface area (Å²) >= 11 is 6.46. The Morgan fingerprint density at radius 2 is 2.03 bits per heavy atom. The first-order chi connectivity index (χ1) is 16.6. The summed E-state index contributed by atoms with van der Waals surface area (Å²) in [7, 11) is 1.60. The maximum absolute atomic E-state index is 12.6. The number of nitrogens with zero attached hydrogens (tertiary/aromatic N) is 3. The number of ether oxygens (including phenoxy) is 2. The van der Waals surface area contributed by atoms with E-state index in [1.165, 1.54) is 0 Å². The van der Waals surface area contributed by atoms with Gasteiger partial charge in [-0.15, -0.1) is 0 Å². The predicted octanol–water partition coefficient (Wildman–Crippen LogP) is 5.04. The molecule has 0 fully saturated rings. The molecule has 7 nitrogen and oxygen atoms in total. The van der Waals surface area contributed by atoms with Crippen LogP contribution in [0.5, 0.6) is 5.75 Å². The van der Waals surface area contributed by atoms with E-state index in [0.29, 0.717) is 48.2 Å². The Labute approximate surface area is 204 Å². The predicted molar refractivity (Wildman–Crippen MR) is 133 cm³/mol. The average molecular weight is 479 g/mol. The quantitative estimate of drug-likeness (QED) is 0.237. The zero-order chi connectivity index (χ0) is 24.3. The van der Waals surface area contributed by atoms with Crippen LogP contribution in [0.3, 0.4) is 0 Å². The third-order valence-electron chi connectivity index (χ3n) is 4.91. The lowest BCUT2D eigenvalue weighted by molar-refractivity contribution is -0.117. The van der Waals surface area contributed by atoms with Crippen molar-refractivity contribution in [1.29, 1.82) is 5.26 Å². The van der Waals surface area contributed by atoms with Crippen LogP contribution < -0.4 is 10.1 Å². The van der Waals surface area contributed by atoms with Gasteiger partial charge in [0, 0.05) is 37.6 Å². The SMILES string of the molecule is CCCOc1ccc(-c2nn(-c3ccccc3)cc2/C=C(/C#N)C(=O)NCCCOC)cc1Cl. The smallest absolute Gasteiger partial charge is 0.261 e. The highest BCUT2D eigenvalue weighted by molar-refractivity contribution is 6.32. The summed E-state index contributed by atoms with van der Waals surface area (Å²) in [6.07, 6.45) is 4.86. The molecule has 0 bridgehead atoms. The van der Waals surface area contributed by atoms with Crippen LogP contribution in [-0.4, -0.2) is 42.6 Å². The second-order valence-electron chi connectivity index (χ2n) is 7.48. The topological polar surface area (TPSA) is 89.2 Å². The van der Waals surface area contributed by atoms with Crippen molar-refractivity contribution >= 4 is 23.6 Å². The molecule has 3 aromatic rings. The van der Waals surface area contributed by atoms with Gasteiger partial charge in [-0.05, 0) is 49.2 Å². The highest BCUT2D eigenvalue weighted by Gasteiger charge is 2.16. The van der Waals surface area contributed by atoms with Gasteiger partial charge < -0.3 is 14.8 Å². The number of nitrogens with one attached hydrogen (secondary N) is 1. The molecule has 1 heterocycles. The van der Waals surface area contributed by atoms with Gasteiger partial charge in [-0.3, -0.25) is 4.79 Å². The summed E-state index contributed by atoms with van der Waals surface area (Å²) < 4.78 is 12.4. The van der Waals surface area contributed by atoms with E-state index in [-0.39, 0.29) is 5.57 Å². The fraction of sp³-hybridized carbons (Fsp3) is 0.269. The average Bonchev–Trinajstić information content (AvgIpc) is 3.28. The van der Waals surface area contributed by atoms with Crippen molar-refractivity contribution in [3.05, 3.63) is 70.9 Å². The van der Waals surface area contributed by atoms with E-state index >= 15 is 0 Å². The molecular weight excluding hydrogens is 452 g/mol. The molecule has 34 heavy (non-hydrogen) atoms. The van der Waals surface area contributed by atoms with E-state index in [1.807, 2.05) is 49.4 Å². The lowest BCUT2D eigenvalue weighted by Gasteiger charge is -2.08. The molecule has 0 aliphatic carbocycles. The lowest BCUT2D eigenvalue weighted by Crippen LogP contribution is -2.26. The molecule has 0 radical (unpaired) electrons. The highest BCUT2D eigenvalue weighted by atomic mass is 35.5. The van der Waals surface area contributed by atoms with Gasteiger partial charge in [0.1, 0.15) is 23.1 Å². The van der Waals surface area contributed by atoms with E-state index in [2.05, 4.69) is 5.32 Å². The van der Waals surface area contributed by atoms with E-state index in [0.717, 1.165) is 17.7 Å². The molecular formula is C26H27ClN4O3. The molecule has 0 spiro atoms. The van der Waals surface area contributed by atoms with Gasteiger partial charge >= 0.3 is 0 Å². The van der Waals surface area contributed by atoms with Crippen LogP contribution >= 0.6 is 11.6 Å². The molecule has 1 N–H and O–H groups in total. The molecule has 1 amide bonds. The fourth-order valence-corrected chi connectivity index (χ4v) is 3.46. The van der Waals surface area contributed by atoms with Crippen molar-refractivity contribution in [3.63, 3.8) is 0 Å². The molecule has 0 saturated heterocycles. The lowest BCUT2D eigenvalue weighted by atomic mass is 10.1. The summed E-state index contributed by atoms with van der Waals surface area (Å²) in [5.41, 5.74) is 2.78. The standard InChI is InChI=1S/C26H27ClN4O3/c1-3-13-34-24-11-10-19(16-23(24)27)25-21(18-31(30-25)22-8-5-4-6-9-22)15-20(17-28)26(32)29-12-7-14-33-2/h4-6,8-11,15-16,18H,3,7,12-14H2,1-2H3,(H,29,32)/b20-15-. The van der Waals surface area contributed by atoms with E-state index < -0.39 is 5.91 Å². The fourth-order valence-electron chi connectivity index (χ4n) is 3.23. The highest BCUT2D eigenvalue weighted by Crippen LogP contribution is 2.32. The van der Waals surface area contributed by atoms with Crippen LogP contribution in [0.2, 0.25) is 5.02 Å². The summed E-state index contributed by atoms with van der Waals surface area (Å²) in [6.45, 7) is 3.54. The summed E-state index contributed by atoms with van der Waals surface area (Å²) in [4.78, 5) is 12.6. The molecule has 8 heteroatoms. The van der Waals surface area contributed by atoms with E-state index in [9.17, 15) is 10.1 Å². The number of para-hydroxylation sites is 1. The molecule has 1 aromatic heterocycles. The molecule has 0 aliphatic rings. The molecule has 176 valence electrons. The minimum atomic E-state index is -0.446. The molecule has 0 unspecified atom stereocenters. The Bertz CT molecular complexity index is 1180. The largest absolute Gasteiger partial charge is 0.492 e. The van der Waals surface area contributed by atoms with Crippen LogP contribution in [0.15, 0.2) is 60.3 Å². The van der Waals surface area contributed by atoms with Crippen molar-refractivity contribution in [1.82, 2.24) is 15.1 Å². The number of amides is 1. The van der Waals surface area contributed by atoms with E-state index in [1.54, 1.807) is 36.2 Å². The van der Waals surface area contributed by atoms with Crippen molar-refractivity contribution in [2.24, 2.45) is 0 Å². The number of rotatable bonds is 11. The Kier molecular flexibility index (Phi) is 9.27. The first kappa shape index (κ1) is 25.0. The first-order valence-electron chi connectivity index (χ1n) is 11.0. The van der Waals surface area contributed by atoms with Crippen molar-refractivity contribution in [2.45, 2.75) is 19.8 Å². The zero-order valence-corrected chi connectivity index (χ0v) is 20.0. The number of halogens is 1. The van der Waals surface area contributed by atoms with Crippen LogP contribution in [0.25, 0.3) is 23.0 Å². The number of hydrogen-bond donors (Lipinski definition) is 1. The number of carbonyl (C=O) groups excluding carboxylic acids is 1. The maximum atomic E-state index is 12.6. The number of benzene rings is 2. The zero-order valence-electron chi connectivity index (χ0n) is 19.3. The van der Waals surface area contributed by atoms with Gasteiger partial charge in [0.05, 0.1) is 17.3 Å². The van der Waals surface area contributed by atoms with Gasteiger partial charge in [0.15, 0.2) is 0 Å². The third kappa shape index (κ3) is 6.47. The first-order valence-corrected chi connectivity index (χ1v) is 11.4. The second-order valence-corrected chi connectivity index (χ2v) is 7.89. The minimum absolute atomic E-state index is 0.0136. The van der Waals surface area contributed by atoms with Gasteiger partial charge in [0.2, 0.25) is 0 Å². The van der Waals surface area contributed by atoms with E-state index in [4.69, 9.17) is 26.2 Å². The van der Waals surface area contributed by atoms with Crippen LogP contribution in [-0.2, 0) is 9.53 Å². The normalized spacial score (nSPS) is 11.2. The number of hydrogen-bond acceptors (Lipinski definition) is 5.